The van der Waals surface area contributed by atoms with Gasteiger partial charge in [0.2, 0.25) is 0 Å². The molecule has 154 valence electrons. The molecule has 0 bridgehead atoms. The minimum atomic E-state index is -4.78. The average molecular weight is 434 g/mol. The van der Waals surface area contributed by atoms with Crippen LogP contribution in [0.5, 0.6) is 0 Å². The van der Waals surface area contributed by atoms with Crippen LogP contribution in [0.15, 0.2) is 59.6 Å². The number of hydrogen-bond donors (Lipinski definition) is 0. The van der Waals surface area contributed by atoms with Gasteiger partial charge in [-0.1, -0.05) is 0 Å². The van der Waals surface area contributed by atoms with Crippen molar-refractivity contribution in [2.45, 2.75) is 17.2 Å². The van der Waals surface area contributed by atoms with Crippen LogP contribution in [0.25, 0.3) is 17.1 Å². The molecule has 29 heavy (non-hydrogen) atoms. The first-order chi connectivity index (χ1) is 13.3. The van der Waals surface area contributed by atoms with Gasteiger partial charge >= 0.3 is 12.4 Å². The molecule has 0 atom stereocenters. The summed E-state index contributed by atoms with van der Waals surface area (Å²) in [6.07, 6.45) is -7.72. The predicted molar refractivity (Wildman–Crippen MR) is 92.1 cm³/mol. The van der Waals surface area contributed by atoms with Crippen LogP contribution in [0.3, 0.4) is 0 Å². The Hall–Kier alpha value is -2.82. The van der Waals surface area contributed by atoms with Gasteiger partial charge in [-0.05, 0) is 48.5 Å². The first-order valence-corrected chi connectivity index (χ1v) is 9.81. The van der Waals surface area contributed by atoms with E-state index in [9.17, 15) is 34.8 Å². The highest BCUT2D eigenvalue weighted by Gasteiger charge is 2.35. The Morgan fingerprint density at radius 1 is 0.828 bits per heavy atom. The Morgan fingerprint density at radius 3 is 1.83 bits per heavy atom. The van der Waals surface area contributed by atoms with Crippen LogP contribution in [0, 0.1) is 0 Å². The Balaban J connectivity index is 2.13. The Morgan fingerprint density at radius 2 is 1.38 bits per heavy atom. The molecule has 0 aliphatic carbocycles. The average Bonchev–Trinajstić information content (AvgIpc) is 3.06. The van der Waals surface area contributed by atoms with Crippen molar-refractivity contribution in [1.82, 2.24) is 9.55 Å². The first kappa shape index (κ1) is 20.9. The van der Waals surface area contributed by atoms with Crippen molar-refractivity contribution in [1.29, 1.82) is 0 Å². The highest BCUT2D eigenvalue weighted by Crippen LogP contribution is 2.34. The van der Waals surface area contributed by atoms with Crippen LogP contribution >= 0.6 is 0 Å². The number of alkyl halides is 6. The normalized spacial score (nSPS) is 12.9. The number of nitrogens with zero attached hydrogens (tertiary/aromatic N) is 2. The third kappa shape index (κ3) is 4.44. The molecule has 3 aromatic rings. The number of rotatable bonds is 3. The lowest BCUT2D eigenvalue weighted by Gasteiger charge is -2.11. The van der Waals surface area contributed by atoms with Crippen molar-refractivity contribution >= 4 is 9.84 Å². The Bertz CT molecular complexity index is 1130. The minimum absolute atomic E-state index is 0.0307. The third-order valence-corrected chi connectivity index (χ3v) is 5.14. The van der Waals surface area contributed by atoms with E-state index in [2.05, 4.69) is 4.98 Å². The van der Waals surface area contributed by atoms with Crippen LogP contribution in [-0.4, -0.2) is 24.2 Å². The summed E-state index contributed by atoms with van der Waals surface area (Å²) in [4.78, 5) is 3.52. The van der Waals surface area contributed by atoms with E-state index in [1.54, 1.807) is 0 Å². The summed E-state index contributed by atoms with van der Waals surface area (Å²) in [5.74, 6) is -0.197. The van der Waals surface area contributed by atoms with Crippen LogP contribution in [0.2, 0.25) is 0 Å². The molecule has 4 nitrogen and oxygen atoms in total. The number of imidazole rings is 1. The molecule has 0 radical (unpaired) electrons. The van der Waals surface area contributed by atoms with E-state index in [0.717, 1.165) is 35.1 Å². The second-order valence-corrected chi connectivity index (χ2v) is 8.17. The maximum absolute atomic E-state index is 13.1. The highest BCUT2D eigenvalue weighted by atomic mass is 32.2. The summed E-state index contributed by atoms with van der Waals surface area (Å²) in [6.45, 7) is 0. The van der Waals surface area contributed by atoms with E-state index in [1.165, 1.54) is 24.3 Å². The van der Waals surface area contributed by atoms with Gasteiger partial charge in [0.1, 0.15) is 5.82 Å². The zero-order chi connectivity index (χ0) is 21.6. The molecule has 3 rings (SSSR count). The molecule has 0 fully saturated rings. The summed E-state index contributed by atoms with van der Waals surface area (Å²) >= 11 is 0. The molecule has 1 aromatic heterocycles. The Kier molecular flexibility index (Phi) is 4.98. The predicted octanol–water partition coefficient (Wildman–Crippen LogP) is 4.98. The number of benzene rings is 2. The van der Waals surface area contributed by atoms with E-state index in [-0.39, 0.29) is 22.0 Å². The molecule has 1 heterocycles. The molecule has 2 aromatic carbocycles. The van der Waals surface area contributed by atoms with E-state index in [4.69, 9.17) is 0 Å². The molecule has 0 amide bonds. The number of hydrogen-bond acceptors (Lipinski definition) is 3. The van der Waals surface area contributed by atoms with Crippen molar-refractivity contribution < 1.29 is 34.8 Å². The second-order valence-electron chi connectivity index (χ2n) is 6.16. The molecular formula is C18H12F6N2O2S. The van der Waals surface area contributed by atoms with Crippen molar-refractivity contribution in [2.24, 2.45) is 0 Å². The van der Waals surface area contributed by atoms with Gasteiger partial charge in [0.05, 0.1) is 10.5 Å². The molecule has 0 saturated carbocycles. The maximum Gasteiger partial charge on any atom is 0.434 e. The topological polar surface area (TPSA) is 52.0 Å². The summed E-state index contributed by atoms with van der Waals surface area (Å²) in [5, 5.41) is 0. The SMILES string of the molecule is CS(=O)(=O)c1ccc(-c2nc(C(F)(F)F)cn2-c2ccc(C(F)(F)F)cc2)cc1. The molecule has 11 heteroatoms. The summed E-state index contributed by atoms with van der Waals surface area (Å²) in [7, 11) is -3.51. The number of halogens is 6. The van der Waals surface area contributed by atoms with Crippen LogP contribution in [0.1, 0.15) is 11.3 Å². The molecule has 0 aliphatic heterocycles. The fraction of sp³-hybridized carbons (Fsp3) is 0.167. The molecule has 0 spiro atoms. The standard InChI is InChI=1S/C18H12F6N2O2S/c1-29(27,28)14-8-2-11(3-9-14)16-25-15(18(22,23)24)10-26(16)13-6-4-12(5-7-13)17(19,20)21/h2-10H,1H3. The largest absolute Gasteiger partial charge is 0.434 e. The van der Waals surface area contributed by atoms with Gasteiger partial charge in [0.15, 0.2) is 15.5 Å². The van der Waals surface area contributed by atoms with E-state index >= 15 is 0 Å². The van der Waals surface area contributed by atoms with Crippen LogP contribution in [-0.2, 0) is 22.2 Å². The summed E-state index contributed by atoms with van der Waals surface area (Å²) in [6, 6.07) is 8.53. The first-order valence-electron chi connectivity index (χ1n) is 7.91. The summed E-state index contributed by atoms with van der Waals surface area (Å²) < 4.78 is 102. The lowest BCUT2D eigenvalue weighted by Crippen LogP contribution is -2.05. The fourth-order valence-corrected chi connectivity index (χ4v) is 3.21. The molecule has 0 saturated heterocycles. The lowest BCUT2D eigenvalue weighted by atomic mass is 10.2. The van der Waals surface area contributed by atoms with Gasteiger partial charge < -0.3 is 0 Å². The van der Waals surface area contributed by atoms with Crippen molar-refractivity contribution in [2.75, 3.05) is 6.26 Å². The fourth-order valence-electron chi connectivity index (χ4n) is 2.58. The lowest BCUT2D eigenvalue weighted by molar-refractivity contribution is -0.141. The van der Waals surface area contributed by atoms with Crippen molar-refractivity contribution in [3.63, 3.8) is 0 Å². The van der Waals surface area contributed by atoms with Crippen LogP contribution < -0.4 is 0 Å². The molecule has 0 aliphatic rings. The van der Waals surface area contributed by atoms with Crippen molar-refractivity contribution in [3.05, 3.63) is 66.0 Å². The summed E-state index contributed by atoms with van der Waals surface area (Å²) in [5.41, 5.74) is -1.99. The van der Waals surface area contributed by atoms with Gasteiger partial charge in [-0.3, -0.25) is 4.57 Å². The monoisotopic (exact) mass is 434 g/mol. The smallest absolute Gasteiger partial charge is 0.299 e. The van der Waals surface area contributed by atoms with Gasteiger partial charge in [0.25, 0.3) is 0 Å². The van der Waals surface area contributed by atoms with E-state index in [1.807, 2.05) is 0 Å². The molecular weight excluding hydrogens is 422 g/mol. The number of aromatic nitrogens is 2. The third-order valence-electron chi connectivity index (χ3n) is 4.01. The van der Waals surface area contributed by atoms with Crippen molar-refractivity contribution in [3.8, 4) is 17.1 Å². The van der Waals surface area contributed by atoms with Gasteiger partial charge in [-0.25, -0.2) is 13.4 Å². The van der Waals surface area contributed by atoms with Gasteiger partial charge in [-0.15, -0.1) is 0 Å². The van der Waals surface area contributed by atoms with Gasteiger partial charge in [-0.2, -0.15) is 26.3 Å². The quantitative estimate of drug-likeness (QED) is 0.547. The highest BCUT2D eigenvalue weighted by molar-refractivity contribution is 7.90. The van der Waals surface area contributed by atoms with E-state index in [0.29, 0.717) is 6.20 Å². The van der Waals surface area contributed by atoms with E-state index < -0.39 is 33.4 Å². The minimum Gasteiger partial charge on any atom is -0.299 e. The maximum atomic E-state index is 13.1. The van der Waals surface area contributed by atoms with Crippen LogP contribution in [0.4, 0.5) is 26.3 Å². The second kappa shape index (κ2) is 6.90. The zero-order valence-electron chi connectivity index (χ0n) is 14.6. The number of sulfone groups is 1. The van der Waals surface area contributed by atoms with Gasteiger partial charge in [0, 0.05) is 23.7 Å². The molecule has 0 N–H and O–H groups in total. The zero-order valence-corrected chi connectivity index (χ0v) is 15.4. The Labute approximate surface area is 161 Å². The molecule has 0 unspecified atom stereocenters.